The molecule has 2 bridgehead atoms. The van der Waals surface area contributed by atoms with Crippen molar-refractivity contribution >= 4 is 5.91 Å². The van der Waals surface area contributed by atoms with Gasteiger partial charge < -0.3 is 14.6 Å². The molecule has 136 valence electrons. The van der Waals surface area contributed by atoms with E-state index >= 15 is 0 Å². The number of fused-ring (bicyclic) bond motifs is 3. The topological polar surface area (TPSA) is 75.3 Å². The van der Waals surface area contributed by atoms with Gasteiger partial charge in [0.2, 0.25) is 0 Å². The molecule has 2 aliphatic heterocycles. The first-order chi connectivity index (χ1) is 12.6. The molecule has 1 saturated heterocycles. The second-order valence-electron chi connectivity index (χ2n) is 7.14. The molecule has 1 aromatic carbocycles. The highest BCUT2D eigenvalue weighted by molar-refractivity contribution is 5.83. The van der Waals surface area contributed by atoms with Crippen LogP contribution in [0.1, 0.15) is 41.6 Å². The van der Waals surface area contributed by atoms with Crippen LogP contribution in [0.2, 0.25) is 0 Å². The molecule has 6 nitrogen and oxygen atoms in total. The molecule has 4 rings (SSSR count). The predicted octanol–water partition coefficient (Wildman–Crippen LogP) is 1.92. The Kier molecular flexibility index (Phi) is 4.36. The van der Waals surface area contributed by atoms with E-state index in [0.29, 0.717) is 18.7 Å². The van der Waals surface area contributed by atoms with Crippen LogP contribution in [0.25, 0.3) is 0 Å². The summed E-state index contributed by atoms with van der Waals surface area (Å²) in [6.07, 6.45) is 2.43. The van der Waals surface area contributed by atoms with E-state index in [9.17, 15) is 9.59 Å². The van der Waals surface area contributed by atoms with Crippen molar-refractivity contribution in [1.29, 1.82) is 0 Å². The number of hydrogen-bond acceptors (Lipinski definition) is 4. The number of methoxy groups -OCH3 is 1. The number of ether oxygens (including phenoxy) is 1. The summed E-state index contributed by atoms with van der Waals surface area (Å²) in [6, 6.07) is 9.67. The van der Waals surface area contributed by atoms with E-state index in [4.69, 9.17) is 4.74 Å². The van der Waals surface area contributed by atoms with Gasteiger partial charge in [0.1, 0.15) is 5.82 Å². The molecule has 0 spiro atoms. The van der Waals surface area contributed by atoms with Crippen LogP contribution < -0.4 is 5.56 Å². The Balaban J connectivity index is 1.67. The van der Waals surface area contributed by atoms with Gasteiger partial charge in [-0.2, -0.15) is 0 Å². The van der Waals surface area contributed by atoms with Crippen LogP contribution in [-0.2, 0) is 22.4 Å². The first-order valence-corrected chi connectivity index (χ1v) is 9.07. The fourth-order valence-corrected chi connectivity index (χ4v) is 4.37. The molecule has 3 heterocycles. The third kappa shape index (κ3) is 2.84. The lowest BCUT2D eigenvalue weighted by molar-refractivity contribution is -0.145. The fraction of sp³-hybridized carbons (Fsp3) is 0.450. The maximum atomic E-state index is 13.3. The molecule has 3 unspecified atom stereocenters. The van der Waals surface area contributed by atoms with E-state index in [2.05, 4.69) is 9.97 Å². The summed E-state index contributed by atoms with van der Waals surface area (Å²) in [7, 11) is 1.57. The number of aromatic nitrogens is 2. The van der Waals surface area contributed by atoms with E-state index < -0.39 is 6.10 Å². The summed E-state index contributed by atoms with van der Waals surface area (Å²) in [6.45, 7) is 1.80. The van der Waals surface area contributed by atoms with Crippen molar-refractivity contribution in [2.24, 2.45) is 0 Å². The standard InChI is InChI=1S/C20H23N3O3/c1-12-21-17-11-15-9-8-14(10-16(17)19(24)22-12)23(15)20(25)18(26-2)13-6-4-3-5-7-13/h3-7,14-15,18H,8-11H2,1-2H3,(H,21,22,24). The van der Waals surface area contributed by atoms with Crippen molar-refractivity contribution in [1.82, 2.24) is 14.9 Å². The molecule has 0 radical (unpaired) electrons. The first kappa shape index (κ1) is 17.0. The van der Waals surface area contributed by atoms with Crippen LogP contribution in [0.4, 0.5) is 0 Å². The van der Waals surface area contributed by atoms with Gasteiger partial charge in [0.05, 0.1) is 5.69 Å². The van der Waals surface area contributed by atoms with Crippen molar-refractivity contribution in [2.45, 2.75) is 50.8 Å². The maximum absolute atomic E-state index is 13.3. The normalized spacial score (nSPS) is 22.6. The number of amides is 1. The van der Waals surface area contributed by atoms with Crippen LogP contribution in [0, 0.1) is 6.92 Å². The van der Waals surface area contributed by atoms with Crippen LogP contribution in [0.5, 0.6) is 0 Å². The number of aryl methyl sites for hydroxylation is 1. The smallest absolute Gasteiger partial charge is 0.256 e. The zero-order valence-electron chi connectivity index (χ0n) is 15.1. The number of benzene rings is 1. The molecule has 2 aromatic rings. The van der Waals surface area contributed by atoms with Gasteiger partial charge in [0.15, 0.2) is 6.10 Å². The molecular weight excluding hydrogens is 330 g/mol. The average Bonchev–Trinajstić information content (AvgIpc) is 2.92. The lowest BCUT2D eigenvalue weighted by atomic mass is 9.98. The van der Waals surface area contributed by atoms with Gasteiger partial charge in [-0.25, -0.2) is 4.98 Å². The highest BCUT2D eigenvalue weighted by Crippen LogP contribution is 2.35. The van der Waals surface area contributed by atoms with E-state index in [-0.39, 0.29) is 23.6 Å². The summed E-state index contributed by atoms with van der Waals surface area (Å²) in [5.41, 5.74) is 2.35. The Hall–Kier alpha value is -2.47. The molecule has 26 heavy (non-hydrogen) atoms. The molecule has 1 amide bonds. The third-order valence-corrected chi connectivity index (χ3v) is 5.52. The van der Waals surface area contributed by atoms with E-state index in [0.717, 1.165) is 29.7 Å². The van der Waals surface area contributed by atoms with Gasteiger partial charge in [-0.1, -0.05) is 30.3 Å². The lowest BCUT2D eigenvalue weighted by Crippen LogP contribution is -2.44. The highest BCUT2D eigenvalue weighted by atomic mass is 16.5. The van der Waals surface area contributed by atoms with E-state index in [1.54, 1.807) is 14.0 Å². The first-order valence-electron chi connectivity index (χ1n) is 9.07. The van der Waals surface area contributed by atoms with Crippen LogP contribution >= 0.6 is 0 Å². The average molecular weight is 353 g/mol. The van der Waals surface area contributed by atoms with Gasteiger partial charge >= 0.3 is 0 Å². The van der Waals surface area contributed by atoms with Crippen molar-refractivity contribution < 1.29 is 9.53 Å². The largest absolute Gasteiger partial charge is 0.367 e. The SMILES string of the molecule is COC(C(=O)N1C2CCC1Cc1c(nc(C)[nH]c1=O)C2)c1ccccc1. The van der Waals surface area contributed by atoms with Gasteiger partial charge in [0, 0.05) is 37.6 Å². The van der Waals surface area contributed by atoms with Gasteiger partial charge in [-0.05, 0) is 25.3 Å². The minimum atomic E-state index is -0.617. The maximum Gasteiger partial charge on any atom is 0.256 e. The Morgan fingerprint density at radius 2 is 1.92 bits per heavy atom. The third-order valence-electron chi connectivity index (χ3n) is 5.52. The lowest BCUT2D eigenvalue weighted by Gasteiger charge is -2.31. The van der Waals surface area contributed by atoms with Crippen molar-refractivity contribution in [3.63, 3.8) is 0 Å². The van der Waals surface area contributed by atoms with Crippen molar-refractivity contribution in [3.05, 3.63) is 63.3 Å². The number of rotatable bonds is 3. The number of hydrogen-bond donors (Lipinski definition) is 1. The molecule has 0 saturated carbocycles. The number of aromatic amines is 1. The quantitative estimate of drug-likeness (QED) is 0.915. The number of nitrogens with zero attached hydrogens (tertiary/aromatic N) is 2. The van der Waals surface area contributed by atoms with Crippen molar-refractivity contribution in [3.8, 4) is 0 Å². The second kappa shape index (κ2) is 6.68. The number of carbonyl (C=O) groups excluding carboxylic acids is 1. The minimum absolute atomic E-state index is 0.0212. The summed E-state index contributed by atoms with van der Waals surface area (Å²) < 4.78 is 5.56. The number of carbonyl (C=O) groups is 1. The Morgan fingerprint density at radius 1 is 1.23 bits per heavy atom. The second-order valence-corrected chi connectivity index (χ2v) is 7.14. The summed E-state index contributed by atoms with van der Waals surface area (Å²) in [5.74, 6) is 0.607. The summed E-state index contributed by atoms with van der Waals surface area (Å²) in [4.78, 5) is 35.0. The number of H-pyrrole nitrogens is 1. The number of nitrogens with one attached hydrogen (secondary N) is 1. The van der Waals surface area contributed by atoms with Crippen LogP contribution in [0.3, 0.4) is 0 Å². The Labute approximate surface area is 152 Å². The fourth-order valence-electron chi connectivity index (χ4n) is 4.37. The Bertz CT molecular complexity index is 878. The van der Waals surface area contributed by atoms with E-state index in [1.807, 2.05) is 35.2 Å². The van der Waals surface area contributed by atoms with Crippen LogP contribution in [-0.4, -0.2) is 40.0 Å². The zero-order chi connectivity index (χ0) is 18.3. The molecule has 6 heteroatoms. The summed E-state index contributed by atoms with van der Waals surface area (Å²) in [5, 5.41) is 0. The monoisotopic (exact) mass is 353 g/mol. The summed E-state index contributed by atoms with van der Waals surface area (Å²) >= 11 is 0. The molecule has 2 aliphatic rings. The molecule has 1 fully saturated rings. The molecule has 1 N–H and O–H groups in total. The minimum Gasteiger partial charge on any atom is -0.367 e. The van der Waals surface area contributed by atoms with Gasteiger partial charge in [-0.3, -0.25) is 9.59 Å². The zero-order valence-corrected chi connectivity index (χ0v) is 15.1. The molecule has 1 aromatic heterocycles. The van der Waals surface area contributed by atoms with Gasteiger partial charge in [-0.15, -0.1) is 0 Å². The van der Waals surface area contributed by atoms with Crippen molar-refractivity contribution in [2.75, 3.05) is 7.11 Å². The van der Waals surface area contributed by atoms with Crippen LogP contribution in [0.15, 0.2) is 35.1 Å². The molecule has 3 atom stereocenters. The molecular formula is C20H23N3O3. The Morgan fingerprint density at radius 3 is 2.62 bits per heavy atom. The molecule has 0 aliphatic carbocycles. The predicted molar refractivity (Wildman–Crippen MR) is 96.9 cm³/mol. The highest BCUT2D eigenvalue weighted by Gasteiger charge is 2.43. The van der Waals surface area contributed by atoms with Gasteiger partial charge in [0.25, 0.3) is 11.5 Å². The van der Waals surface area contributed by atoms with E-state index in [1.165, 1.54) is 0 Å².